The SMILES string of the molecule is CCC1OC1C/C=C\CCCCCCC/C=C\CCCCOC. The maximum atomic E-state index is 5.53. The molecule has 0 aromatic carbocycles. The number of hydrogen-bond acceptors (Lipinski definition) is 2. The summed E-state index contributed by atoms with van der Waals surface area (Å²) in [6.07, 6.45) is 25.7. The lowest BCUT2D eigenvalue weighted by molar-refractivity contribution is 0.193. The molecule has 1 aliphatic rings. The van der Waals surface area contributed by atoms with Crippen LogP contribution in [0.15, 0.2) is 24.3 Å². The van der Waals surface area contributed by atoms with Gasteiger partial charge in [0.1, 0.15) is 0 Å². The Kier molecular flexibility index (Phi) is 13.3. The summed E-state index contributed by atoms with van der Waals surface area (Å²) in [6, 6.07) is 0. The number of epoxide rings is 1. The molecule has 0 bridgehead atoms. The van der Waals surface area contributed by atoms with Crippen LogP contribution in [-0.2, 0) is 9.47 Å². The van der Waals surface area contributed by atoms with E-state index < -0.39 is 0 Å². The number of ether oxygens (including phenoxy) is 2. The topological polar surface area (TPSA) is 21.8 Å². The van der Waals surface area contributed by atoms with Crippen molar-refractivity contribution >= 4 is 0 Å². The Hall–Kier alpha value is -0.600. The zero-order chi connectivity index (χ0) is 16.6. The third kappa shape index (κ3) is 12.5. The third-order valence-electron chi connectivity index (χ3n) is 4.50. The fourth-order valence-electron chi connectivity index (χ4n) is 2.89. The van der Waals surface area contributed by atoms with E-state index in [4.69, 9.17) is 9.47 Å². The van der Waals surface area contributed by atoms with Crippen LogP contribution in [0.25, 0.3) is 0 Å². The Labute approximate surface area is 144 Å². The third-order valence-corrected chi connectivity index (χ3v) is 4.50. The fraction of sp³-hybridized carbons (Fsp3) is 0.810. The maximum absolute atomic E-state index is 5.53. The first kappa shape index (κ1) is 20.4. The van der Waals surface area contributed by atoms with Gasteiger partial charge in [0.2, 0.25) is 0 Å². The molecule has 0 amide bonds. The van der Waals surface area contributed by atoms with E-state index in [1.807, 2.05) is 0 Å². The zero-order valence-corrected chi connectivity index (χ0v) is 15.5. The highest BCUT2D eigenvalue weighted by Crippen LogP contribution is 2.28. The van der Waals surface area contributed by atoms with Gasteiger partial charge in [-0.05, 0) is 57.8 Å². The summed E-state index contributed by atoms with van der Waals surface area (Å²) in [7, 11) is 1.77. The lowest BCUT2D eigenvalue weighted by Crippen LogP contribution is -1.88. The monoisotopic (exact) mass is 322 g/mol. The molecule has 0 radical (unpaired) electrons. The summed E-state index contributed by atoms with van der Waals surface area (Å²) >= 11 is 0. The molecule has 23 heavy (non-hydrogen) atoms. The van der Waals surface area contributed by atoms with Gasteiger partial charge in [-0.15, -0.1) is 0 Å². The summed E-state index contributed by atoms with van der Waals surface area (Å²) in [4.78, 5) is 0. The van der Waals surface area contributed by atoms with Gasteiger partial charge < -0.3 is 9.47 Å². The number of rotatable bonds is 16. The van der Waals surface area contributed by atoms with Gasteiger partial charge in [0.15, 0.2) is 0 Å². The Bertz CT molecular complexity index is 309. The van der Waals surface area contributed by atoms with Crippen molar-refractivity contribution in [3.8, 4) is 0 Å². The van der Waals surface area contributed by atoms with Crippen molar-refractivity contribution in [1.82, 2.24) is 0 Å². The van der Waals surface area contributed by atoms with E-state index in [9.17, 15) is 0 Å². The molecule has 0 aromatic rings. The molecular weight excluding hydrogens is 284 g/mol. The van der Waals surface area contributed by atoms with Gasteiger partial charge in [-0.25, -0.2) is 0 Å². The predicted molar refractivity (Wildman–Crippen MR) is 99.9 cm³/mol. The van der Waals surface area contributed by atoms with E-state index in [0.29, 0.717) is 12.2 Å². The molecule has 2 heteroatoms. The van der Waals surface area contributed by atoms with Gasteiger partial charge in [0.25, 0.3) is 0 Å². The minimum atomic E-state index is 0.532. The summed E-state index contributed by atoms with van der Waals surface area (Å²) in [5.41, 5.74) is 0. The number of allylic oxidation sites excluding steroid dienone is 3. The average molecular weight is 323 g/mol. The van der Waals surface area contributed by atoms with Crippen LogP contribution in [0.5, 0.6) is 0 Å². The molecule has 2 atom stereocenters. The first-order chi connectivity index (χ1) is 11.4. The molecule has 1 saturated heterocycles. The van der Waals surface area contributed by atoms with Crippen molar-refractivity contribution in [2.24, 2.45) is 0 Å². The van der Waals surface area contributed by atoms with Crippen LogP contribution in [0.3, 0.4) is 0 Å². The highest BCUT2D eigenvalue weighted by atomic mass is 16.6. The van der Waals surface area contributed by atoms with E-state index >= 15 is 0 Å². The minimum absolute atomic E-state index is 0.532. The fourth-order valence-corrected chi connectivity index (χ4v) is 2.89. The Morgan fingerprint density at radius 2 is 1.30 bits per heavy atom. The van der Waals surface area contributed by atoms with Crippen LogP contribution in [0.1, 0.15) is 84.0 Å². The van der Waals surface area contributed by atoms with E-state index in [1.165, 1.54) is 70.6 Å². The summed E-state index contributed by atoms with van der Waals surface area (Å²) < 4.78 is 10.6. The Morgan fingerprint density at radius 3 is 1.87 bits per heavy atom. The Morgan fingerprint density at radius 1 is 0.739 bits per heavy atom. The van der Waals surface area contributed by atoms with Crippen molar-refractivity contribution in [3.05, 3.63) is 24.3 Å². The first-order valence-corrected chi connectivity index (χ1v) is 9.82. The standard InChI is InChI=1S/C21H38O2/c1-3-20-21(23-20)18-16-14-12-10-8-6-4-5-7-9-11-13-15-17-19-22-2/h9,11,14,16,20-21H,3-8,10,12-13,15,17-19H2,1-2H3/b11-9-,16-14-. The second-order valence-corrected chi connectivity index (χ2v) is 6.63. The molecule has 1 rings (SSSR count). The highest BCUT2D eigenvalue weighted by Gasteiger charge is 2.35. The summed E-state index contributed by atoms with van der Waals surface area (Å²) in [5, 5.41) is 0. The lowest BCUT2D eigenvalue weighted by Gasteiger charge is -1.98. The second kappa shape index (κ2) is 15.0. The summed E-state index contributed by atoms with van der Waals surface area (Å²) in [5.74, 6) is 0. The number of methoxy groups -OCH3 is 1. The first-order valence-electron chi connectivity index (χ1n) is 9.82. The van der Waals surface area contributed by atoms with Crippen LogP contribution >= 0.6 is 0 Å². The molecule has 0 N–H and O–H groups in total. The van der Waals surface area contributed by atoms with Crippen molar-refractivity contribution in [2.45, 2.75) is 96.2 Å². The molecule has 0 spiro atoms. The molecule has 0 saturated carbocycles. The summed E-state index contributed by atoms with van der Waals surface area (Å²) in [6.45, 7) is 3.10. The Balaban J connectivity index is 1.73. The van der Waals surface area contributed by atoms with Crippen molar-refractivity contribution in [3.63, 3.8) is 0 Å². The van der Waals surface area contributed by atoms with E-state index in [1.54, 1.807) is 7.11 Å². The van der Waals surface area contributed by atoms with Crippen LogP contribution in [-0.4, -0.2) is 25.9 Å². The van der Waals surface area contributed by atoms with Crippen LogP contribution in [0.2, 0.25) is 0 Å². The molecule has 1 aliphatic heterocycles. The molecule has 1 fully saturated rings. The van der Waals surface area contributed by atoms with Gasteiger partial charge >= 0.3 is 0 Å². The van der Waals surface area contributed by atoms with E-state index in [-0.39, 0.29) is 0 Å². The van der Waals surface area contributed by atoms with Crippen LogP contribution < -0.4 is 0 Å². The molecule has 0 aromatic heterocycles. The van der Waals surface area contributed by atoms with Crippen molar-refractivity contribution in [1.29, 1.82) is 0 Å². The van der Waals surface area contributed by atoms with Gasteiger partial charge in [0.05, 0.1) is 12.2 Å². The highest BCUT2D eigenvalue weighted by molar-refractivity contribution is 4.93. The molecule has 2 nitrogen and oxygen atoms in total. The predicted octanol–water partition coefficient (Wildman–Crippen LogP) is 6.21. The second-order valence-electron chi connectivity index (χ2n) is 6.63. The van der Waals surface area contributed by atoms with Crippen molar-refractivity contribution in [2.75, 3.05) is 13.7 Å². The van der Waals surface area contributed by atoms with Crippen molar-refractivity contribution < 1.29 is 9.47 Å². The van der Waals surface area contributed by atoms with Crippen LogP contribution in [0, 0.1) is 0 Å². The van der Waals surface area contributed by atoms with E-state index in [2.05, 4.69) is 31.2 Å². The minimum Gasteiger partial charge on any atom is -0.385 e. The van der Waals surface area contributed by atoms with E-state index in [0.717, 1.165) is 13.0 Å². The molecule has 0 aliphatic carbocycles. The smallest absolute Gasteiger partial charge is 0.0876 e. The maximum Gasteiger partial charge on any atom is 0.0876 e. The van der Waals surface area contributed by atoms with Gasteiger partial charge in [-0.3, -0.25) is 0 Å². The molecular formula is C21H38O2. The van der Waals surface area contributed by atoms with Gasteiger partial charge in [-0.1, -0.05) is 50.5 Å². The molecule has 2 unspecified atom stereocenters. The van der Waals surface area contributed by atoms with Gasteiger partial charge in [0, 0.05) is 13.7 Å². The molecule has 134 valence electrons. The normalized spacial score (nSPS) is 20.8. The lowest BCUT2D eigenvalue weighted by atomic mass is 10.1. The van der Waals surface area contributed by atoms with Gasteiger partial charge in [-0.2, -0.15) is 0 Å². The zero-order valence-electron chi connectivity index (χ0n) is 15.5. The average Bonchev–Trinajstić information content (AvgIpc) is 3.33. The number of hydrogen-bond donors (Lipinski definition) is 0. The van der Waals surface area contributed by atoms with Crippen LogP contribution in [0.4, 0.5) is 0 Å². The molecule has 1 heterocycles. The number of unbranched alkanes of at least 4 members (excludes halogenated alkanes) is 8. The quantitative estimate of drug-likeness (QED) is 0.191. The largest absolute Gasteiger partial charge is 0.385 e.